The summed E-state index contributed by atoms with van der Waals surface area (Å²) in [5, 5.41) is 19.1. The van der Waals surface area contributed by atoms with Gasteiger partial charge in [-0.1, -0.05) is 11.6 Å². The highest BCUT2D eigenvalue weighted by Gasteiger charge is 2.21. The average Bonchev–Trinajstić information content (AvgIpc) is 2.19. The highest BCUT2D eigenvalue weighted by molar-refractivity contribution is 6.32. The molecule has 0 fully saturated rings. The quantitative estimate of drug-likeness (QED) is 0.341. The standard InChI is InChI=1S/C9H5ClN2O4/c1-5(13)16-9-7(10)2-6(4-11)3-8(9)12(14)15/h2-3H,1H3. The van der Waals surface area contributed by atoms with E-state index in [4.69, 9.17) is 16.9 Å². The van der Waals surface area contributed by atoms with Crippen LogP contribution in [0.1, 0.15) is 12.5 Å². The minimum atomic E-state index is -0.773. The van der Waals surface area contributed by atoms with Gasteiger partial charge in [0.25, 0.3) is 0 Å². The van der Waals surface area contributed by atoms with E-state index in [1.165, 1.54) is 6.07 Å². The summed E-state index contributed by atoms with van der Waals surface area (Å²) in [6, 6.07) is 3.89. The smallest absolute Gasteiger partial charge is 0.314 e. The highest BCUT2D eigenvalue weighted by Crippen LogP contribution is 2.36. The Morgan fingerprint density at radius 2 is 2.25 bits per heavy atom. The summed E-state index contributed by atoms with van der Waals surface area (Å²) in [5.74, 6) is -1.08. The molecule has 0 bridgehead atoms. The highest BCUT2D eigenvalue weighted by atomic mass is 35.5. The van der Waals surface area contributed by atoms with Gasteiger partial charge in [-0.15, -0.1) is 0 Å². The third kappa shape index (κ3) is 2.46. The number of benzene rings is 1. The van der Waals surface area contributed by atoms with Crippen molar-refractivity contribution in [3.63, 3.8) is 0 Å². The lowest BCUT2D eigenvalue weighted by Crippen LogP contribution is -2.05. The van der Waals surface area contributed by atoms with E-state index in [0.717, 1.165) is 13.0 Å². The molecule has 0 saturated heterocycles. The molecule has 0 heterocycles. The van der Waals surface area contributed by atoms with Crippen molar-refractivity contribution in [1.82, 2.24) is 0 Å². The van der Waals surface area contributed by atoms with Gasteiger partial charge in [-0.3, -0.25) is 14.9 Å². The number of esters is 1. The zero-order valence-corrected chi connectivity index (χ0v) is 8.82. The normalized spacial score (nSPS) is 9.31. The van der Waals surface area contributed by atoms with Gasteiger partial charge in [-0.2, -0.15) is 5.26 Å². The number of nitrogens with zero attached hydrogens (tertiary/aromatic N) is 2. The molecule has 6 nitrogen and oxygen atoms in total. The second-order valence-corrected chi connectivity index (χ2v) is 3.18. The molecule has 0 aromatic heterocycles. The first kappa shape index (κ1) is 11.9. The fourth-order valence-corrected chi connectivity index (χ4v) is 1.28. The average molecular weight is 241 g/mol. The van der Waals surface area contributed by atoms with Crippen molar-refractivity contribution in [2.24, 2.45) is 0 Å². The molecule has 0 aliphatic heterocycles. The summed E-state index contributed by atoms with van der Waals surface area (Å²) in [6.45, 7) is 1.10. The molecule has 0 spiro atoms. The maximum Gasteiger partial charge on any atom is 0.314 e. The van der Waals surface area contributed by atoms with Crippen molar-refractivity contribution in [3.05, 3.63) is 32.8 Å². The molecular weight excluding hydrogens is 236 g/mol. The van der Waals surface area contributed by atoms with Crippen LogP contribution in [0.3, 0.4) is 0 Å². The Labute approximate surface area is 95.2 Å². The Hall–Kier alpha value is -2.13. The first-order valence-corrected chi connectivity index (χ1v) is 4.40. The summed E-state index contributed by atoms with van der Waals surface area (Å²) >= 11 is 5.67. The largest absolute Gasteiger partial charge is 0.418 e. The van der Waals surface area contributed by atoms with Crippen molar-refractivity contribution in [2.45, 2.75) is 6.92 Å². The van der Waals surface area contributed by atoms with E-state index in [2.05, 4.69) is 4.74 Å². The molecule has 0 aliphatic carbocycles. The fourth-order valence-electron chi connectivity index (χ4n) is 1.02. The molecule has 0 radical (unpaired) electrons. The van der Waals surface area contributed by atoms with E-state index in [1.54, 1.807) is 6.07 Å². The molecule has 16 heavy (non-hydrogen) atoms. The summed E-state index contributed by atoms with van der Waals surface area (Å²) in [6.07, 6.45) is 0. The first-order chi connectivity index (χ1) is 7.45. The number of ether oxygens (including phenoxy) is 1. The third-order valence-electron chi connectivity index (χ3n) is 1.60. The van der Waals surface area contributed by atoms with Gasteiger partial charge in [0, 0.05) is 13.0 Å². The van der Waals surface area contributed by atoms with Crippen LogP contribution in [0, 0.1) is 21.4 Å². The Morgan fingerprint density at radius 3 is 2.69 bits per heavy atom. The van der Waals surface area contributed by atoms with Crippen LogP contribution in [-0.2, 0) is 4.79 Å². The second-order valence-electron chi connectivity index (χ2n) is 2.77. The van der Waals surface area contributed by atoms with E-state index in [-0.39, 0.29) is 16.3 Å². The van der Waals surface area contributed by atoms with Crippen LogP contribution >= 0.6 is 11.6 Å². The number of rotatable bonds is 2. The number of hydrogen-bond acceptors (Lipinski definition) is 5. The number of nitro benzene ring substituents is 1. The lowest BCUT2D eigenvalue weighted by Gasteiger charge is -2.04. The molecule has 1 aromatic carbocycles. The predicted octanol–water partition coefficient (Wildman–Crippen LogP) is 2.05. The molecule has 1 rings (SSSR count). The van der Waals surface area contributed by atoms with Crippen molar-refractivity contribution >= 4 is 23.3 Å². The summed E-state index contributed by atoms with van der Waals surface area (Å²) in [5.41, 5.74) is -0.494. The number of carbonyl (C=O) groups is 1. The van der Waals surface area contributed by atoms with Gasteiger partial charge in [0.15, 0.2) is 0 Å². The Balaban J connectivity index is 3.41. The molecule has 0 saturated carbocycles. The Kier molecular flexibility index (Phi) is 3.43. The first-order valence-electron chi connectivity index (χ1n) is 4.02. The van der Waals surface area contributed by atoms with Gasteiger partial charge in [-0.25, -0.2) is 0 Å². The minimum absolute atomic E-state index is 0.0209. The molecule has 0 unspecified atom stereocenters. The summed E-state index contributed by atoms with van der Waals surface area (Å²) in [7, 11) is 0. The molecule has 0 aliphatic rings. The molecular formula is C9H5ClN2O4. The molecule has 82 valence electrons. The van der Waals surface area contributed by atoms with Gasteiger partial charge >= 0.3 is 11.7 Å². The van der Waals surface area contributed by atoms with E-state index in [0.29, 0.717) is 0 Å². The summed E-state index contributed by atoms with van der Waals surface area (Å²) < 4.78 is 4.61. The van der Waals surface area contributed by atoms with Crippen LogP contribution in [0.25, 0.3) is 0 Å². The van der Waals surface area contributed by atoms with Gasteiger partial charge < -0.3 is 4.74 Å². The number of nitro groups is 1. The van der Waals surface area contributed by atoms with Crippen LogP contribution < -0.4 is 4.74 Å². The number of carbonyl (C=O) groups excluding carboxylic acids is 1. The van der Waals surface area contributed by atoms with Gasteiger partial charge in [0.05, 0.1) is 21.6 Å². The van der Waals surface area contributed by atoms with Crippen LogP contribution in [-0.4, -0.2) is 10.9 Å². The van der Waals surface area contributed by atoms with Crippen LogP contribution in [0.5, 0.6) is 5.75 Å². The fraction of sp³-hybridized carbons (Fsp3) is 0.111. The van der Waals surface area contributed by atoms with E-state index in [1.807, 2.05) is 0 Å². The topological polar surface area (TPSA) is 93.2 Å². The maximum atomic E-state index is 10.7. The zero-order chi connectivity index (χ0) is 12.3. The van der Waals surface area contributed by atoms with E-state index < -0.39 is 16.6 Å². The van der Waals surface area contributed by atoms with E-state index in [9.17, 15) is 14.9 Å². The van der Waals surface area contributed by atoms with Crippen LogP contribution in [0.2, 0.25) is 5.02 Å². The summed E-state index contributed by atoms with van der Waals surface area (Å²) in [4.78, 5) is 20.6. The van der Waals surface area contributed by atoms with Gasteiger partial charge in [0.2, 0.25) is 5.75 Å². The Morgan fingerprint density at radius 1 is 1.62 bits per heavy atom. The number of hydrogen-bond donors (Lipinski definition) is 0. The molecule has 1 aromatic rings. The van der Waals surface area contributed by atoms with Crippen molar-refractivity contribution < 1.29 is 14.5 Å². The molecule has 0 amide bonds. The molecule has 7 heteroatoms. The minimum Gasteiger partial charge on any atom is -0.418 e. The SMILES string of the molecule is CC(=O)Oc1c(Cl)cc(C#N)cc1[N+](=O)[O-]. The van der Waals surface area contributed by atoms with Crippen molar-refractivity contribution in [1.29, 1.82) is 5.26 Å². The lowest BCUT2D eigenvalue weighted by molar-refractivity contribution is -0.385. The number of nitriles is 1. The third-order valence-corrected chi connectivity index (χ3v) is 1.88. The molecule has 0 N–H and O–H groups in total. The van der Waals surface area contributed by atoms with Crippen molar-refractivity contribution in [2.75, 3.05) is 0 Å². The maximum absolute atomic E-state index is 10.7. The second kappa shape index (κ2) is 4.59. The predicted molar refractivity (Wildman–Crippen MR) is 54.1 cm³/mol. The lowest BCUT2D eigenvalue weighted by atomic mass is 10.2. The molecule has 0 atom stereocenters. The zero-order valence-electron chi connectivity index (χ0n) is 8.06. The van der Waals surface area contributed by atoms with Crippen LogP contribution in [0.4, 0.5) is 5.69 Å². The van der Waals surface area contributed by atoms with Crippen molar-refractivity contribution in [3.8, 4) is 11.8 Å². The van der Waals surface area contributed by atoms with Crippen LogP contribution in [0.15, 0.2) is 12.1 Å². The van der Waals surface area contributed by atoms with Gasteiger partial charge in [0.1, 0.15) is 0 Å². The van der Waals surface area contributed by atoms with E-state index >= 15 is 0 Å². The number of halogens is 1. The Bertz CT molecular complexity index is 507. The van der Waals surface area contributed by atoms with Gasteiger partial charge in [-0.05, 0) is 6.07 Å². The monoisotopic (exact) mass is 240 g/mol.